The lowest BCUT2D eigenvalue weighted by molar-refractivity contribution is -0.267. The van der Waals surface area contributed by atoms with Crippen molar-refractivity contribution in [1.82, 2.24) is 0 Å². The highest BCUT2D eigenvalue weighted by molar-refractivity contribution is 5.00. The van der Waals surface area contributed by atoms with Crippen molar-refractivity contribution in [2.24, 2.45) is 17.8 Å². The summed E-state index contributed by atoms with van der Waals surface area (Å²) >= 11 is 0. The lowest BCUT2D eigenvalue weighted by Gasteiger charge is -2.48. The van der Waals surface area contributed by atoms with E-state index in [0.717, 1.165) is 0 Å². The van der Waals surface area contributed by atoms with Gasteiger partial charge in [-0.25, -0.2) is 0 Å². The summed E-state index contributed by atoms with van der Waals surface area (Å²) < 4.78 is 11.5. The van der Waals surface area contributed by atoms with Crippen LogP contribution in [0, 0.1) is 17.8 Å². The van der Waals surface area contributed by atoms with Crippen LogP contribution in [0.4, 0.5) is 0 Å². The summed E-state index contributed by atoms with van der Waals surface area (Å²) in [6.07, 6.45) is -17.2. The third-order valence-corrected chi connectivity index (χ3v) is 7.63. The summed E-state index contributed by atoms with van der Waals surface area (Å²) in [5.41, 5.74) is 0. The van der Waals surface area contributed by atoms with Crippen molar-refractivity contribution in [2.45, 2.75) is 92.5 Å². The van der Waals surface area contributed by atoms with E-state index < -0.39 is 111 Å². The second kappa shape index (κ2) is 11.7. The van der Waals surface area contributed by atoms with Gasteiger partial charge in [0.05, 0.1) is 36.6 Å². The quantitative estimate of drug-likeness (QED) is 0.157. The molecule has 34 heavy (non-hydrogen) atoms. The van der Waals surface area contributed by atoms with Crippen LogP contribution in [0.2, 0.25) is 0 Å². The van der Waals surface area contributed by atoms with Gasteiger partial charge in [-0.2, -0.15) is 0 Å². The van der Waals surface area contributed by atoms with Gasteiger partial charge < -0.3 is 65.6 Å². The molecule has 0 amide bonds. The fraction of sp³-hybridized carbons (Fsp3) is 1.00. The average molecular weight is 499 g/mol. The zero-order chi connectivity index (χ0) is 25.3. The number of hydrogen-bond acceptors (Lipinski definition) is 13. The van der Waals surface area contributed by atoms with Crippen LogP contribution in [0.15, 0.2) is 0 Å². The molecule has 11 N–H and O–H groups in total. The molecule has 0 aromatic rings. The van der Waals surface area contributed by atoms with E-state index in [1.165, 1.54) is 0 Å². The molecule has 0 aromatic carbocycles. The molecular weight excluding hydrogens is 460 g/mol. The Morgan fingerprint density at radius 3 is 1.35 bits per heavy atom. The molecule has 0 radical (unpaired) electrons. The van der Waals surface area contributed by atoms with Crippen molar-refractivity contribution >= 4 is 0 Å². The van der Waals surface area contributed by atoms with E-state index in [2.05, 4.69) is 0 Å². The van der Waals surface area contributed by atoms with Gasteiger partial charge in [-0.1, -0.05) is 0 Å². The molecule has 6 unspecified atom stereocenters. The minimum absolute atomic E-state index is 0.0601. The van der Waals surface area contributed by atoms with Gasteiger partial charge in [0, 0.05) is 37.6 Å². The van der Waals surface area contributed by atoms with E-state index in [1.54, 1.807) is 0 Å². The predicted molar refractivity (Wildman–Crippen MR) is 111 cm³/mol. The smallest absolute Gasteiger partial charge is 0.113 e. The minimum atomic E-state index is -1.64. The van der Waals surface area contributed by atoms with Gasteiger partial charge in [-0.05, 0) is 19.3 Å². The van der Waals surface area contributed by atoms with Crippen molar-refractivity contribution in [3.8, 4) is 0 Å². The van der Waals surface area contributed by atoms with Crippen molar-refractivity contribution in [1.29, 1.82) is 0 Å². The number of ether oxygens (including phenoxy) is 2. The first-order chi connectivity index (χ1) is 16.0. The highest BCUT2D eigenvalue weighted by atomic mass is 16.6. The molecule has 15 atom stereocenters. The summed E-state index contributed by atoms with van der Waals surface area (Å²) in [6, 6.07) is 0. The fourth-order valence-electron chi connectivity index (χ4n) is 5.36. The van der Waals surface area contributed by atoms with Crippen LogP contribution in [0.1, 0.15) is 19.3 Å². The molecule has 0 aromatic heterocycles. The van der Waals surface area contributed by atoms with Crippen LogP contribution in [-0.4, -0.2) is 149 Å². The van der Waals surface area contributed by atoms with E-state index in [0.29, 0.717) is 0 Å². The summed E-state index contributed by atoms with van der Waals surface area (Å²) in [5, 5.41) is 112. The van der Waals surface area contributed by atoms with Crippen LogP contribution < -0.4 is 0 Å². The van der Waals surface area contributed by atoms with E-state index in [9.17, 15) is 56.2 Å². The molecule has 3 aliphatic carbocycles. The van der Waals surface area contributed by atoms with Crippen molar-refractivity contribution < 1.29 is 65.6 Å². The molecule has 3 fully saturated rings. The predicted octanol–water partition coefficient (Wildman–Crippen LogP) is -5.58. The first-order valence-electron chi connectivity index (χ1n) is 11.6. The first-order valence-corrected chi connectivity index (χ1v) is 11.6. The third-order valence-electron chi connectivity index (χ3n) is 7.63. The number of hydrogen-bond donors (Lipinski definition) is 11. The maximum Gasteiger partial charge on any atom is 0.113 e. The molecule has 13 nitrogen and oxygen atoms in total. The van der Waals surface area contributed by atoms with Crippen molar-refractivity contribution in [2.75, 3.05) is 19.8 Å². The van der Waals surface area contributed by atoms with Gasteiger partial charge in [-0.15, -0.1) is 0 Å². The molecule has 200 valence electrons. The Morgan fingerprint density at radius 1 is 0.441 bits per heavy atom. The van der Waals surface area contributed by atoms with E-state index >= 15 is 0 Å². The molecule has 3 saturated carbocycles. The Balaban J connectivity index is 1.78. The monoisotopic (exact) mass is 498 g/mol. The van der Waals surface area contributed by atoms with Crippen LogP contribution in [0.5, 0.6) is 0 Å². The van der Waals surface area contributed by atoms with Gasteiger partial charge in [0.1, 0.15) is 36.6 Å². The standard InChI is InChI=1S/C21H38O13/c22-4-7-1-10(25)16(29)20(14(7)27)34-12-3-9(6-24)15(28)21(18(12)31)33-11-2-8(5-23)13(26)19(32)17(11)30/h7-32H,1-6H2/t7?,8?,9?,10-,11-,12-,13-,14-,15-,16?,17?,18?,19+,20+,21+/m1/s1. The lowest BCUT2D eigenvalue weighted by atomic mass is 9.78. The highest BCUT2D eigenvalue weighted by Gasteiger charge is 2.52. The number of rotatable bonds is 7. The number of aliphatic hydroxyl groups is 11. The van der Waals surface area contributed by atoms with Gasteiger partial charge in [0.25, 0.3) is 0 Å². The second-order valence-electron chi connectivity index (χ2n) is 9.81. The fourth-order valence-corrected chi connectivity index (χ4v) is 5.36. The molecule has 0 aliphatic heterocycles. The van der Waals surface area contributed by atoms with Crippen molar-refractivity contribution in [3.05, 3.63) is 0 Å². The Morgan fingerprint density at radius 2 is 0.853 bits per heavy atom. The lowest BCUT2D eigenvalue weighted by Crippen LogP contribution is -2.63. The molecule has 3 aliphatic rings. The summed E-state index contributed by atoms with van der Waals surface area (Å²) in [7, 11) is 0. The normalized spacial score (nSPS) is 52.5. The van der Waals surface area contributed by atoms with E-state index in [4.69, 9.17) is 9.47 Å². The highest BCUT2D eigenvalue weighted by Crippen LogP contribution is 2.37. The van der Waals surface area contributed by atoms with E-state index in [-0.39, 0.29) is 19.3 Å². The van der Waals surface area contributed by atoms with Crippen molar-refractivity contribution in [3.63, 3.8) is 0 Å². The molecule has 0 bridgehead atoms. The minimum Gasteiger partial charge on any atom is -0.396 e. The Hall–Kier alpha value is -0.520. The maximum atomic E-state index is 11.0. The van der Waals surface area contributed by atoms with Crippen LogP contribution in [-0.2, 0) is 9.47 Å². The molecule has 3 rings (SSSR count). The second-order valence-corrected chi connectivity index (χ2v) is 9.81. The zero-order valence-electron chi connectivity index (χ0n) is 18.6. The third kappa shape index (κ3) is 5.42. The van der Waals surface area contributed by atoms with Crippen LogP contribution >= 0.6 is 0 Å². The van der Waals surface area contributed by atoms with Gasteiger partial charge in [0.2, 0.25) is 0 Å². The van der Waals surface area contributed by atoms with E-state index in [1.807, 2.05) is 0 Å². The van der Waals surface area contributed by atoms with Crippen LogP contribution in [0.25, 0.3) is 0 Å². The Labute approximate surface area is 196 Å². The summed E-state index contributed by atoms with van der Waals surface area (Å²) in [4.78, 5) is 0. The largest absolute Gasteiger partial charge is 0.396 e. The topological polar surface area (TPSA) is 241 Å². The first kappa shape index (κ1) is 28.1. The SMILES string of the molecule is OCC1C[C@@H](O[C@@H]2C(O)[C@H](O[C@@H]3C(O)[C@H](O)CC(CO)[C@H]3O)CC(CO)[C@H]2O)C(O)[C@@H](O)[C@@H]1O. The Bertz CT molecular complexity index is 638. The van der Waals surface area contributed by atoms with Gasteiger partial charge >= 0.3 is 0 Å². The molecule has 0 heterocycles. The van der Waals surface area contributed by atoms with Crippen LogP contribution in [0.3, 0.4) is 0 Å². The summed E-state index contributed by atoms with van der Waals surface area (Å²) in [5.74, 6) is -2.47. The number of aliphatic hydroxyl groups excluding tert-OH is 11. The Kier molecular flexibility index (Phi) is 9.64. The molecule has 13 heteroatoms. The maximum absolute atomic E-state index is 11.0. The molecule has 0 saturated heterocycles. The zero-order valence-corrected chi connectivity index (χ0v) is 18.6. The van der Waals surface area contributed by atoms with Gasteiger partial charge in [-0.3, -0.25) is 0 Å². The van der Waals surface area contributed by atoms with Gasteiger partial charge in [0.15, 0.2) is 0 Å². The molecular formula is C21H38O13. The summed E-state index contributed by atoms with van der Waals surface area (Å²) in [6.45, 7) is -1.50. The molecule has 0 spiro atoms. The average Bonchev–Trinajstić information content (AvgIpc) is 2.82.